The highest BCUT2D eigenvalue weighted by Crippen LogP contribution is 2.25. The van der Waals surface area contributed by atoms with Crippen molar-refractivity contribution in [1.82, 2.24) is 4.98 Å². The van der Waals surface area contributed by atoms with Gasteiger partial charge in [0.25, 0.3) is 0 Å². The minimum absolute atomic E-state index is 0.275. The monoisotopic (exact) mass is 229 g/mol. The van der Waals surface area contributed by atoms with Crippen LogP contribution >= 0.6 is 0 Å². The molecule has 1 unspecified atom stereocenters. The van der Waals surface area contributed by atoms with Gasteiger partial charge < -0.3 is 15.6 Å². The van der Waals surface area contributed by atoms with Gasteiger partial charge in [-0.2, -0.15) is 0 Å². The first-order valence-corrected chi connectivity index (χ1v) is 5.82. The largest absolute Gasteiger partial charge is 0.378 e. The van der Waals surface area contributed by atoms with Gasteiger partial charge in [-0.3, -0.25) is 0 Å². The molecule has 0 aliphatic rings. The fraction of sp³-hybridized carbons (Fsp3) is 0.286. The van der Waals surface area contributed by atoms with Crippen molar-refractivity contribution in [2.75, 3.05) is 25.5 Å². The quantitative estimate of drug-likeness (QED) is 0.844. The molecule has 3 nitrogen and oxygen atoms in total. The zero-order chi connectivity index (χ0) is 12.3. The summed E-state index contributed by atoms with van der Waals surface area (Å²) in [5.74, 6) is 0.275. The number of anilines is 1. The van der Waals surface area contributed by atoms with Crippen molar-refractivity contribution in [3.63, 3.8) is 0 Å². The lowest BCUT2D eigenvalue weighted by molar-refractivity contribution is 0.820. The first kappa shape index (κ1) is 11.7. The van der Waals surface area contributed by atoms with Gasteiger partial charge in [0, 0.05) is 44.6 Å². The van der Waals surface area contributed by atoms with Crippen LogP contribution in [0, 0.1) is 0 Å². The van der Waals surface area contributed by atoms with Crippen molar-refractivity contribution >= 4 is 5.69 Å². The SMILES string of the molecule is CN(C)c1ccc(C(CN)c2cc[nH]c2)cc1. The number of nitrogens with two attached hydrogens (primary N) is 1. The number of nitrogens with one attached hydrogen (secondary N) is 1. The third-order valence-electron chi connectivity index (χ3n) is 3.07. The smallest absolute Gasteiger partial charge is 0.0361 e. The highest BCUT2D eigenvalue weighted by molar-refractivity contribution is 5.47. The van der Waals surface area contributed by atoms with E-state index in [0.717, 1.165) is 0 Å². The fourth-order valence-corrected chi connectivity index (χ4v) is 2.02. The summed E-state index contributed by atoms with van der Waals surface area (Å²) in [4.78, 5) is 5.17. The molecular weight excluding hydrogens is 210 g/mol. The number of H-pyrrole nitrogens is 1. The summed E-state index contributed by atoms with van der Waals surface area (Å²) in [7, 11) is 4.09. The van der Waals surface area contributed by atoms with E-state index in [4.69, 9.17) is 5.73 Å². The van der Waals surface area contributed by atoms with Gasteiger partial charge in [-0.15, -0.1) is 0 Å². The molecule has 3 N–H and O–H groups in total. The van der Waals surface area contributed by atoms with Crippen LogP contribution in [0.2, 0.25) is 0 Å². The van der Waals surface area contributed by atoms with Crippen molar-refractivity contribution in [1.29, 1.82) is 0 Å². The summed E-state index contributed by atoms with van der Waals surface area (Å²) < 4.78 is 0. The standard InChI is InChI=1S/C14H19N3/c1-17(2)13-5-3-11(4-6-13)14(9-15)12-7-8-16-10-12/h3-8,10,14,16H,9,15H2,1-2H3. The summed E-state index contributed by atoms with van der Waals surface area (Å²) >= 11 is 0. The minimum atomic E-state index is 0.275. The summed E-state index contributed by atoms with van der Waals surface area (Å²) in [5.41, 5.74) is 9.58. The molecule has 0 saturated heterocycles. The van der Waals surface area contributed by atoms with E-state index >= 15 is 0 Å². The van der Waals surface area contributed by atoms with Gasteiger partial charge in [-0.25, -0.2) is 0 Å². The van der Waals surface area contributed by atoms with Gasteiger partial charge in [0.15, 0.2) is 0 Å². The first-order chi connectivity index (χ1) is 8.22. The van der Waals surface area contributed by atoms with Gasteiger partial charge >= 0.3 is 0 Å². The summed E-state index contributed by atoms with van der Waals surface area (Å²) in [6.45, 7) is 0.624. The molecule has 0 bridgehead atoms. The molecule has 2 aromatic rings. The van der Waals surface area contributed by atoms with Gasteiger partial charge in [0.1, 0.15) is 0 Å². The third-order valence-corrected chi connectivity index (χ3v) is 3.07. The van der Waals surface area contributed by atoms with Crippen LogP contribution in [-0.2, 0) is 0 Å². The van der Waals surface area contributed by atoms with Crippen LogP contribution in [-0.4, -0.2) is 25.6 Å². The number of aromatic nitrogens is 1. The Morgan fingerprint density at radius 2 is 1.82 bits per heavy atom. The number of hydrogen-bond donors (Lipinski definition) is 2. The van der Waals surface area contributed by atoms with Crippen LogP contribution in [0.5, 0.6) is 0 Å². The highest BCUT2D eigenvalue weighted by atomic mass is 15.1. The molecule has 1 aromatic carbocycles. The van der Waals surface area contributed by atoms with Crippen molar-refractivity contribution in [3.05, 3.63) is 53.9 Å². The Morgan fingerprint density at radius 1 is 1.12 bits per heavy atom. The lowest BCUT2D eigenvalue weighted by Crippen LogP contribution is -2.14. The second-order valence-corrected chi connectivity index (χ2v) is 4.42. The number of hydrogen-bond acceptors (Lipinski definition) is 2. The average Bonchev–Trinajstić information content (AvgIpc) is 2.84. The summed E-state index contributed by atoms with van der Waals surface area (Å²) in [5, 5.41) is 0. The van der Waals surface area contributed by atoms with Crippen molar-refractivity contribution in [3.8, 4) is 0 Å². The molecule has 0 spiro atoms. The summed E-state index contributed by atoms with van der Waals surface area (Å²) in [6.07, 6.45) is 3.95. The van der Waals surface area contributed by atoms with Crippen LogP contribution < -0.4 is 10.6 Å². The Labute approximate surface area is 102 Å². The Balaban J connectivity index is 2.26. The van der Waals surface area contributed by atoms with Crippen molar-refractivity contribution in [2.24, 2.45) is 5.73 Å². The zero-order valence-corrected chi connectivity index (χ0v) is 10.4. The lowest BCUT2D eigenvalue weighted by Gasteiger charge is -2.17. The molecule has 1 atom stereocenters. The van der Waals surface area contributed by atoms with E-state index in [9.17, 15) is 0 Å². The van der Waals surface area contributed by atoms with E-state index in [1.165, 1.54) is 16.8 Å². The van der Waals surface area contributed by atoms with Crippen LogP contribution in [0.15, 0.2) is 42.7 Å². The van der Waals surface area contributed by atoms with Gasteiger partial charge in [0.2, 0.25) is 0 Å². The topological polar surface area (TPSA) is 45.0 Å². The second-order valence-electron chi connectivity index (χ2n) is 4.42. The fourth-order valence-electron chi connectivity index (χ4n) is 2.02. The lowest BCUT2D eigenvalue weighted by atomic mass is 9.93. The van der Waals surface area contributed by atoms with Crippen molar-refractivity contribution < 1.29 is 0 Å². The molecule has 0 radical (unpaired) electrons. The Bertz CT molecular complexity index is 443. The van der Waals surface area contributed by atoms with E-state index in [0.29, 0.717) is 6.54 Å². The Kier molecular flexibility index (Phi) is 3.49. The summed E-state index contributed by atoms with van der Waals surface area (Å²) in [6, 6.07) is 10.6. The van der Waals surface area contributed by atoms with Crippen molar-refractivity contribution in [2.45, 2.75) is 5.92 Å². The van der Waals surface area contributed by atoms with E-state index in [2.05, 4.69) is 40.2 Å². The Morgan fingerprint density at radius 3 is 2.29 bits per heavy atom. The van der Waals surface area contributed by atoms with Crippen LogP contribution in [0.1, 0.15) is 17.0 Å². The van der Waals surface area contributed by atoms with Gasteiger partial charge in [0.05, 0.1) is 0 Å². The molecule has 17 heavy (non-hydrogen) atoms. The van der Waals surface area contributed by atoms with Crippen LogP contribution in [0.25, 0.3) is 0 Å². The van der Waals surface area contributed by atoms with E-state index in [1.54, 1.807) is 0 Å². The van der Waals surface area contributed by atoms with E-state index in [1.807, 2.05) is 26.5 Å². The molecule has 1 heterocycles. The minimum Gasteiger partial charge on any atom is -0.378 e. The average molecular weight is 229 g/mol. The third kappa shape index (κ3) is 2.50. The van der Waals surface area contributed by atoms with E-state index < -0.39 is 0 Å². The maximum Gasteiger partial charge on any atom is 0.0361 e. The number of benzene rings is 1. The van der Waals surface area contributed by atoms with Crippen LogP contribution in [0.3, 0.4) is 0 Å². The second kappa shape index (κ2) is 5.06. The normalized spacial score (nSPS) is 12.4. The van der Waals surface area contributed by atoms with E-state index in [-0.39, 0.29) is 5.92 Å². The molecule has 2 rings (SSSR count). The predicted molar refractivity (Wildman–Crippen MR) is 72.5 cm³/mol. The molecule has 0 aliphatic heterocycles. The highest BCUT2D eigenvalue weighted by Gasteiger charge is 2.12. The molecule has 0 saturated carbocycles. The molecule has 0 amide bonds. The molecule has 1 aromatic heterocycles. The predicted octanol–water partition coefficient (Wildman–Crippen LogP) is 2.17. The number of aromatic amines is 1. The molecule has 3 heteroatoms. The van der Waals surface area contributed by atoms with Crippen LogP contribution in [0.4, 0.5) is 5.69 Å². The molecule has 0 aliphatic carbocycles. The maximum atomic E-state index is 5.87. The Hall–Kier alpha value is -1.74. The van der Waals surface area contributed by atoms with Gasteiger partial charge in [-0.1, -0.05) is 12.1 Å². The molecule has 0 fully saturated rings. The zero-order valence-electron chi connectivity index (χ0n) is 10.4. The number of rotatable bonds is 4. The first-order valence-electron chi connectivity index (χ1n) is 5.82. The molecular formula is C14H19N3. The molecule has 90 valence electrons. The number of nitrogens with zero attached hydrogens (tertiary/aromatic N) is 1. The maximum absolute atomic E-state index is 5.87. The van der Waals surface area contributed by atoms with Gasteiger partial charge in [-0.05, 0) is 29.3 Å².